The highest BCUT2D eigenvalue weighted by atomic mass is 32.1. The van der Waals surface area contributed by atoms with Gasteiger partial charge in [-0.05, 0) is 29.8 Å². The summed E-state index contributed by atoms with van der Waals surface area (Å²) in [4.78, 5) is 2.04. The quantitative estimate of drug-likeness (QED) is 0.657. The fraction of sp³-hybridized carbons (Fsp3) is 0.214. The SMILES string of the molecule is [B]C1=C(c2ccccc2)N2COC(=S)C(CC)=C2N1. The first-order valence-corrected chi connectivity index (χ1v) is 6.63. The minimum Gasteiger partial charge on any atom is -0.462 e. The van der Waals surface area contributed by atoms with E-state index in [1.165, 1.54) is 0 Å². The van der Waals surface area contributed by atoms with Gasteiger partial charge in [-0.3, -0.25) is 4.90 Å². The van der Waals surface area contributed by atoms with E-state index in [2.05, 4.69) is 12.2 Å². The Morgan fingerprint density at radius 2 is 2.11 bits per heavy atom. The summed E-state index contributed by atoms with van der Waals surface area (Å²) in [5.41, 5.74) is 3.65. The summed E-state index contributed by atoms with van der Waals surface area (Å²) in [5, 5.41) is 3.79. The summed E-state index contributed by atoms with van der Waals surface area (Å²) in [5.74, 6) is 0.954. The highest BCUT2D eigenvalue weighted by Crippen LogP contribution is 2.34. The molecular weight excluding hydrogens is 255 g/mol. The van der Waals surface area contributed by atoms with Crippen LogP contribution < -0.4 is 5.32 Å². The number of rotatable bonds is 2. The van der Waals surface area contributed by atoms with E-state index in [9.17, 15) is 0 Å². The summed E-state index contributed by atoms with van der Waals surface area (Å²) in [6.45, 7) is 2.45. The lowest BCUT2D eigenvalue weighted by atomic mass is 9.99. The van der Waals surface area contributed by atoms with Crippen LogP contribution in [-0.4, -0.2) is 24.5 Å². The van der Waals surface area contributed by atoms with Gasteiger partial charge in [-0.2, -0.15) is 0 Å². The number of ether oxygens (including phenoxy) is 1. The summed E-state index contributed by atoms with van der Waals surface area (Å²) >= 11 is 5.24. The third-order valence-electron chi connectivity index (χ3n) is 3.31. The monoisotopic (exact) mass is 268 g/mol. The lowest BCUT2D eigenvalue weighted by Gasteiger charge is -2.30. The van der Waals surface area contributed by atoms with E-state index < -0.39 is 0 Å². The number of hydrogen-bond donors (Lipinski definition) is 1. The van der Waals surface area contributed by atoms with E-state index in [1.54, 1.807) is 0 Å². The van der Waals surface area contributed by atoms with Crippen molar-refractivity contribution in [2.75, 3.05) is 6.73 Å². The highest BCUT2D eigenvalue weighted by molar-refractivity contribution is 7.80. The molecule has 19 heavy (non-hydrogen) atoms. The van der Waals surface area contributed by atoms with E-state index in [-0.39, 0.29) is 0 Å². The Kier molecular flexibility index (Phi) is 3.07. The maximum absolute atomic E-state index is 6.13. The minimum absolute atomic E-state index is 0.398. The molecule has 2 aliphatic heterocycles. The van der Waals surface area contributed by atoms with Gasteiger partial charge in [0.15, 0.2) is 11.8 Å². The van der Waals surface area contributed by atoms with Crippen molar-refractivity contribution < 1.29 is 4.74 Å². The van der Waals surface area contributed by atoms with Gasteiger partial charge in [0.2, 0.25) is 0 Å². The van der Waals surface area contributed by atoms with Crippen molar-refractivity contribution >= 4 is 30.8 Å². The maximum Gasteiger partial charge on any atom is 0.193 e. The summed E-state index contributed by atoms with van der Waals surface area (Å²) < 4.78 is 5.57. The molecular formula is C14H13BN2OS. The molecule has 3 nitrogen and oxygen atoms in total. The van der Waals surface area contributed by atoms with E-state index in [1.807, 2.05) is 35.2 Å². The average molecular weight is 268 g/mol. The third kappa shape index (κ3) is 1.94. The number of nitrogens with one attached hydrogen (secondary N) is 1. The van der Waals surface area contributed by atoms with Crippen molar-refractivity contribution in [3.8, 4) is 0 Å². The Labute approximate surface area is 119 Å². The molecule has 0 saturated heterocycles. The van der Waals surface area contributed by atoms with Gasteiger partial charge in [0, 0.05) is 5.57 Å². The van der Waals surface area contributed by atoms with Crippen LogP contribution in [0.15, 0.2) is 47.3 Å². The van der Waals surface area contributed by atoms with Gasteiger partial charge < -0.3 is 10.1 Å². The molecule has 1 aromatic carbocycles. The zero-order valence-corrected chi connectivity index (χ0v) is 11.5. The van der Waals surface area contributed by atoms with Gasteiger partial charge in [-0.25, -0.2) is 0 Å². The molecule has 0 atom stereocenters. The fourth-order valence-corrected chi connectivity index (χ4v) is 2.70. The van der Waals surface area contributed by atoms with Crippen LogP contribution in [0.2, 0.25) is 0 Å². The standard InChI is InChI=1S/C14H13BN2OS/c1-2-10-13-16-12(15)11(9-6-4-3-5-7-9)17(13)8-18-14(10)19/h3-7,16H,2,8H2,1H3. The van der Waals surface area contributed by atoms with E-state index in [0.29, 0.717) is 17.4 Å². The van der Waals surface area contributed by atoms with E-state index in [4.69, 9.17) is 24.8 Å². The van der Waals surface area contributed by atoms with Gasteiger partial charge in [0.25, 0.3) is 0 Å². The molecule has 0 spiro atoms. The molecule has 0 saturated carbocycles. The van der Waals surface area contributed by atoms with Crippen molar-refractivity contribution in [2.24, 2.45) is 0 Å². The summed E-state index contributed by atoms with van der Waals surface area (Å²) in [7, 11) is 6.13. The van der Waals surface area contributed by atoms with Crippen LogP contribution in [0.4, 0.5) is 0 Å². The second kappa shape index (κ2) is 4.74. The molecule has 2 heterocycles. The predicted octanol–water partition coefficient (Wildman–Crippen LogP) is 2.32. The van der Waals surface area contributed by atoms with Crippen LogP contribution in [0.1, 0.15) is 18.9 Å². The van der Waals surface area contributed by atoms with Gasteiger partial charge in [-0.1, -0.05) is 37.3 Å². The first kappa shape index (κ1) is 12.3. The van der Waals surface area contributed by atoms with Crippen LogP contribution >= 0.6 is 12.2 Å². The van der Waals surface area contributed by atoms with Crippen molar-refractivity contribution in [3.05, 3.63) is 52.9 Å². The van der Waals surface area contributed by atoms with Crippen molar-refractivity contribution in [3.63, 3.8) is 0 Å². The highest BCUT2D eigenvalue weighted by Gasteiger charge is 2.32. The van der Waals surface area contributed by atoms with Gasteiger partial charge in [0.1, 0.15) is 13.7 Å². The third-order valence-corrected chi connectivity index (χ3v) is 3.67. The van der Waals surface area contributed by atoms with Crippen molar-refractivity contribution in [1.29, 1.82) is 0 Å². The topological polar surface area (TPSA) is 24.5 Å². The number of benzene rings is 1. The molecule has 0 unspecified atom stereocenters. The fourth-order valence-electron chi connectivity index (χ4n) is 2.41. The summed E-state index contributed by atoms with van der Waals surface area (Å²) in [6, 6.07) is 10.0. The van der Waals surface area contributed by atoms with Gasteiger partial charge >= 0.3 is 0 Å². The molecule has 0 amide bonds. The molecule has 3 rings (SSSR count). The molecule has 0 bridgehead atoms. The summed E-state index contributed by atoms with van der Waals surface area (Å²) in [6.07, 6.45) is 0.813. The molecule has 0 fully saturated rings. The predicted molar refractivity (Wildman–Crippen MR) is 80.0 cm³/mol. The number of thiocarbonyl (C=S) groups is 1. The zero-order valence-electron chi connectivity index (χ0n) is 10.6. The van der Waals surface area contributed by atoms with Crippen LogP contribution in [0.5, 0.6) is 0 Å². The van der Waals surface area contributed by atoms with Crippen molar-refractivity contribution in [2.45, 2.75) is 13.3 Å². The number of fused-ring (bicyclic) bond motifs is 1. The van der Waals surface area contributed by atoms with Gasteiger partial charge in [0.05, 0.1) is 5.70 Å². The second-order valence-electron chi connectivity index (χ2n) is 4.42. The normalized spacial score (nSPS) is 18.4. The molecule has 5 heteroatoms. The van der Waals surface area contributed by atoms with E-state index in [0.717, 1.165) is 29.1 Å². The smallest absolute Gasteiger partial charge is 0.193 e. The Morgan fingerprint density at radius 3 is 2.79 bits per heavy atom. The molecule has 2 radical (unpaired) electrons. The number of nitrogens with zero attached hydrogens (tertiary/aromatic N) is 1. The molecule has 2 aliphatic rings. The first-order valence-electron chi connectivity index (χ1n) is 6.22. The lowest BCUT2D eigenvalue weighted by molar-refractivity contribution is 0.190. The Hall–Kier alpha value is -1.75. The largest absolute Gasteiger partial charge is 0.462 e. The maximum atomic E-state index is 6.13. The molecule has 1 aromatic rings. The second-order valence-corrected chi connectivity index (χ2v) is 4.79. The first-order chi connectivity index (χ1) is 9.22. The molecule has 94 valence electrons. The lowest BCUT2D eigenvalue weighted by Crippen LogP contribution is -2.33. The zero-order chi connectivity index (χ0) is 13.4. The van der Waals surface area contributed by atoms with E-state index >= 15 is 0 Å². The van der Waals surface area contributed by atoms with Crippen molar-refractivity contribution in [1.82, 2.24) is 10.2 Å². The van der Waals surface area contributed by atoms with Gasteiger partial charge in [-0.15, -0.1) is 0 Å². The average Bonchev–Trinajstić information content (AvgIpc) is 2.76. The Morgan fingerprint density at radius 1 is 1.37 bits per heavy atom. The molecule has 0 aromatic heterocycles. The van der Waals surface area contributed by atoms with Crippen LogP contribution in [-0.2, 0) is 4.74 Å². The van der Waals surface area contributed by atoms with Crippen LogP contribution in [0.25, 0.3) is 5.70 Å². The Balaban J connectivity index is 2.07. The molecule has 0 aliphatic carbocycles. The number of hydrogen-bond acceptors (Lipinski definition) is 4. The molecule has 1 N–H and O–H groups in total. The van der Waals surface area contributed by atoms with Crippen LogP contribution in [0, 0.1) is 0 Å². The minimum atomic E-state index is 0.398. The van der Waals surface area contributed by atoms with Crippen LogP contribution in [0.3, 0.4) is 0 Å². The Bertz CT molecular complexity index is 595.